The van der Waals surface area contributed by atoms with Gasteiger partial charge in [0.25, 0.3) is 0 Å². The summed E-state index contributed by atoms with van der Waals surface area (Å²) in [5.74, 6) is -0.735. The fourth-order valence-corrected chi connectivity index (χ4v) is 2.77. The predicted octanol–water partition coefficient (Wildman–Crippen LogP) is 1.77. The Morgan fingerprint density at radius 2 is 1.67 bits per heavy atom. The van der Waals surface area contributed by atoms with E-state index in [1.54, 1.807) is 19.0 Å². The van der Waals surface area contributed by atoms with Gasteiger partial charge in [0.2, 0.25) is 10.0 Å². The molecular weight excluding hydrogens is 309 g/mol. The highest BCUT2D eigenvalue weighted by Crippen LogP contribution is 2.30. The first-order valence-electron chi connectivity index (χ1n) is 6.00. The van der Waals surface area contributed by atoms with Crippen LogP contribution in [-0.4, -0.2) is 58.2 Å². The van der Waals surface area contributed by atoms with Crippen molar-refractivity contribution in [2.75, 3.05) is 34.2 Å². The molecule has 0 aliphatic rings. The molecule has 120 valence electrons. The predicted molar refractivity (Wildman–Crippen MR) is 71.5 cm³/mol. The molecule has 0 aliphatic heterocycles. The zero-order valence-electron chi connectivity index (χ0n) is 11.9. The van der Waals surface area contributed by atoms with E-state index >= 15 is 0 Å². The number of para-hydroxylation sites is 1. The van der Waals surface area contributed by atoms with Crippen LogP contribution in [0, 0.1) is 0 Å². The summed E-state index contributed by atoms with van der Waals surface area (Å²) in [7, 11) is 0.783. The van der Waals surface area contributed by atoms with Crippen molar-refractivity contribution in [2.45, 2.75) is 11.3 Å². The summed E-state index contributed by atoms with van der Waals surface area (Å²) in [6.07, 6.45) is -4.95. The highest BCUT2D eigenvalue weighted by atomic mass is 32.2. The maximum absolute atomic E-state index is 12.3. The second kappa shape index (κ2) is 6.63. The number of ether oxygens (including phenoxy) is 1. The first-order valence-corrected chi connectivity index (χ1v) is 7.44. The van der Waals surface area contributed by atoms with Crippen LogP contribution in [0.3, 0.4) is 0 Å². The van der Waals surface area contributed by atoms with Crippen molar-refractivity contribution >= 4 is 10.0 Å². The van der Waals surface area contributed by atoms with E-state index in [1.807, 2.05) is 0 Å². The van der Waals surface area contributed by atoms with Crippen molar-refractivity contribution in [2.24, 2.45) is 0 Å². The summed E-state index contributed by atoms with van der Waals surface area (Å²) < 4.78 is 66.4. The molecule has 0 aromatic heterocycles. The van der Waals surface area contributed by atoms with Gasteiger partial charge in [-0.2, -0.15) is 4.31 Å². The molecule has 0 fully saturated rings. The van der Waals surface area contributed by atoms with Crippen LogP contribution in [0.25, 0.3) is 0 Å². The lowest BCUT2D eigenvalue weighted by Gasteiger charge is -2.21. The Morgan fingerprint density at radius 1 is 1.10 bits per heavy atom. The molecule has 0 atom stereocenters. The number of halogens is 3. The van der Waals surface area contributed by atoms with Crippen molar-refractivity contribution < 1.29 is 26.3 Å². The molecule has 5 nitrogen and oxygen atoms in total. The third-order valence-corrected chi connectivity index (χ3v) is 4.52. The lowest BCUT2D eigenvalue weighted by Crippen LogP contribution is -2.34. The van der Waals surface area contributed by atoms with Crippen molar-refractivity contribution in [1.29, 1.82) is 0 Å². The van der Waals surface area contributed by atoms with Gasteiger partial charge in [-0.25, -0.2) is 8.42 Å². The second-order valence-electron chi connectivity index (χ2n) is 4.62. The molecule has 0 amide bonds. The lowest BCUT2D eigenvalue weighted by atomic mass is 10.3. The van der Waals surface area contributed by atoms with E-state index in [4.69, 9.17) is 0 Å². The summed E-state index contributed by atoms with van der Waals surface area (Å²) in [5.41, 5.74) is 0. The van der Waals surface area contributed by atoms with E-state index in [2.05, 4.69) is 4.74 Å². The summed E-state index contributed by atoms with van der Waals surface area (Å²) in [6, 6.07) is 4.68. The molecular formula is C12H17F3N2O3S. The standard InChI is InChI=1S/C12H17F3N2O3S/c1-16(2)8-9-17(3)21(18,19)11-7-5-4-6-10(11)20-12(13,14)15/h4-7H,8-9H2,1-3H3. The minimum absolute atomic E-state index is 0.148. The fourth-order valence-electron chi connectivity index (χ4n) is 1.50. The second-order valence-corrected chi connectivity index (χ2v) is 6.64. The van der Waals surface area contributed by atoms with Crippen LogP contribution in [0.15, 0.2) is 29.2 Å². The zero-order chi connectivity index (χ0) is 16.3. The summed E-state index contributed by atoms with van der Waals surface area (Å²) in [6.45, 7) is 0.591. The molecule has 0 bridgehead atoms. The molecule has 1 aromatic rings. The number of alkyl halides is 3. The molecule has 0 saturated carbocycles. The molecule has 1 rings (SSSR count). The topological polar surface area (TPSA) is 49.9 Å². The van der Waals surface area contributed by atoms with Crippen LogP contribution in [0.5, 0.6) is 5.75 Å². The van der Waals surface area contributed by atoms with E-state index < -0.39 is 27.0 Å². The van der Waals surface area contributed by atoms with E-state index in [-0.39, 0.29) is 6.54 Å². The molecule has 0 radical (unpaired) electrons. The van der Waals surface area contributed by atoms with E-state index in [1.165, 1.54) is 19.2 Å². The molecule has 1 aromatic carbocycles. The molecule has 0 spiro atoms. The quantitative estimate of drug-likeness (QED) is 0.799. The summed E-state index contributed by atoms with van der Waals surface area (Å²) in [5, 5.41) is 0. The lowest BCUT2D eigenvalue weighted by molar-refractivity contribution is -0.275. The van der Waals surface area contributed by atoms with Gasteiger partial charge in [-0.1, -0.05) is 12.1 Å². The average molecular weight is 326 g/mol. The third kappa shape index (κ3) is 5.18. The van der Waals surface area contributed by atoms with Gasteiger partial charge in [0.05, 0.1) is 0 Å². The van der Waals surface area contributed by atoms with Gasteiger partial charge in [-0.15, -0.1) is 13.2 Å². The van der Waals surface area contributed by atoms with Gasteiger partial charge < -0.3 is 9.64 Å². The minimum Gasteiger partial charge on any atom is -0.404 e. The largest absolute Gasteiger partial charge is 0.573 e. The average Bonchev–Trinajstić information content (AvgIpc) is 2.34. The fraction of sp³-hybridized carbons (Fsp3) is 0.500. The van der Waals surface area contributed by atoms with Gasteiger partial charge >= 0.3 is 6.36 Å². The van der Waals surface area contributed by atoms with Gasteiger partial charge in [0, 0.05) is 20.1 Å². The molecule has 0 heterocycles. The molecule has 0 aliphatic carbocycles. The van der Waals surface area contributed by atoms with Gasteiger partial charge in [0.1, 0.15) is 10.6 Å². The van der Waals surface area contributed by atoms with Gasteiger partial charge in [-0.05, 0) is 26.2 Å². The Balaban J connectivity index is 3.08. The maximum Gasteiger partial charge on any atom is 0.573 e. The Morgan fingerprint density at radius 3 is 2.19 bits per heavy atom. The van der Waals surface area contributed by atoms with Crippen LogP contribution in [-0.2, 0) is 10.0 Å². The highest BCUT2D eigenvalue weighted by molar-refractivity contribution is 7.89. The van der Waals surface area contributed by atoms with E-state index in [0.29, 0.717) is 6.54 Å². The first-order chi connectivity index (χ1) is 9.54. The normalized spacial score (nSPS) is 13.0. The Labute approximate surface area is 122 Å². The number of likely N-dealkylation sites (N-methyl/N-ethyl adjacent to an activating group) is 2. The number of benzene rings is 1. The third-order valence-electron chi connectivity index (χ3n) is 2.63. The maximum atomic E-state index is 12.3. The monoisotopic (exact) mass is 326 g/mol. The Kier molecular flexibility index (Phi) is 5.60. The van der Waals surface area contributed by atoms with E-state index in [9.17, 15) is 21.6 Å². The molecule has 0 unspecified atom stereocenters. The number of hydrogen-bond donors (Lipinski definition) is 0. The van der Waals surface area contributed by atoms with Crippen LogP contribution in [0.1, 0.15) is 0 Å². The van der Waals surface area contributed by atoms with E-state index in [0.717, 1.165) is 16.4 Å². The SMILES string of the molecule is CN(C)CCN(C)S(=O)(=O)c1ccccc1OC(F)(F)F. The number of nitrogens with zero attached hydrogens (tertiary/aromatic N) is 2. The number of hydrogen-bond acceptors (Lipinski definition) is 4. The van der Waals surface area contributed by atoms with Crippen LogP contribution >= 0.6 is 0 Å². The van der Waals surface area contributed by atoms with Crippen molar-refractivity contribution in [3.8, 4) is 5.75 Å². The van der Waals surface area contributed by atoms with Crippen molar-refractivity contribution in [3.63, 3.8) is 0 Å². The smallest absolute Gasteiger partial charge is 0.404 e. The molecule has 0 saturated heterocycles. The van der Waals surface area contributed by atoms with Crippen molar-refractivity contribution in [3.05, 3.63) is 24.3 Å². The molecule has 21 heavy (non-hydrogen) atoms. The molecule has 9 heteroatoms. The van der Waals surface area contributed by atoms with Crippen LogP contribution in [0.4, 0.5) is 13.2 Å². The summed E-state index contributed by atoms with van der Waals surface area (Å²) in [4.78, 5) is 1.26. The van der Waals surface area contributed by atoms with Crippen molar-refractivity contribution in [1.82, 2.24) is 9.21 Å². The van der Waals surface area contributed by atoms with Crippen LogP contribution < -0.4 is 4.74 Å². The van der Waals surface area contributed by atoms with Crippen LogP contribution in [0.2, 0.25) is 0 Å². The molecule has 0 N–H and O–H groups in total. The minimum atomic E-state index is -4.95. The highest BCUT2D eigenvalue weighted by Gasteiger charge is 2.34. The Hall–Kier alpha value is -1.32. The number of sulfonamides is 1. The summed E-state index contributed by atoms with van der Waals surface area (Å²) >= 11 is 0. The van der Waals surface area contributed by atoms with Gasteiger partial charge in [0.15, 0.2) is 0 Å². The first kappa shape index (κ1) is 17.7. The zero-order valence-corrected chi connectivity index (χ0v) is 12.7. The number of rotatable bonds is 6. The Bertz CT molecular complexity index is 573. The van der Waals surface area contributed by atoms with Gasteiger partial charge in [-0.3, -0.25) is 0 Å².